The van der Waals surface area contributed by atoms with E-state index in [2.05, 4.69) is 58.3 Å². The second kappa shape index (κ2) is 9.09. The molecule has 0 spiro atoms. The summed E-state index contributed by atoms with van der Waals surface area (Å²) in [7, 11) is 0. The largest absolute Gasteiger partial charge is 0.758 e. The predicted molar refractivity (Wildman–Crippen MR) is 139 cm³/mol. The van der Waals surface area contributed by atoms with Crippen molar-refractivity contribution in [2.45, 2.75) is 19.4 Å². The van der Waals surface area contributed by atoms with Gasteiger partial charge in [0.15, 0.2) is 0 Å². The van der Waals surface area contributed by atoms with Gasteiger partial charge in [-0.2, -0.15) is 0 Å². The van der Waals surface area contributed by atoms with Gasteiger partial charge in [-0.3, -0.25) is 9.89 Å². The molecule has 5 nitrogen and oxygen atoms in total. The van der Waals surface area contributed by atoms with Crippen molar-refractivity contribution in [1.82, 2.24) is 9.96 Å². The molecule has 1 saturated heterocycles. The van der Waals surface area contributed by atoms with Gasteiger partial charge in [-0.05, 0) is 42.2 Å². The zero-order chi connectivity index (χ0) is 22.9. The van der Waals surface area contributed by atoms with E-state index in [0.29, 0.717) is 6.54 Å². The van der Waals surface area contributed by atoms with Gasteiger partial charge in [-0.25, -0.2) is 0 Å². The maximum atomic E-state index is 12.5. The zero-order valence-electron chi connectivity index (χ0n) is 19.4. The number of aliphatic imine (C=N–C) groups is 1. The minimum absolute atomic E-state index is 0.385. The lowest BCUT2D eigenvalue weighted by atomic mass is 9.94. The number of benzene rings is 2. The number of hydrogen-bond donors (Lipinski definition) is 0. The molecule has 5 heteroatoms. The molecular weight excluding hydrogens is 420 g/mol. The number of anilines is 1. The van der Waals surface area contributed by atoms with Crippen LogP contribution in [-0.4, -0.2) is 48.4 Å². The minimum atomic E-state index is 0.385. The summed E-state index contributed by atoms with van der Waals surface area (Å²) >= 11 is 0. The van der Waals surface area contributed by atoms with Crippen molar-refractivity contribution in [2.75, 3.05) is 37.6 Å². The summed E-state index contributed by atoms with van der Waals surface area (Å²) in [5.74, 6) is 0. The van der Waals surface area contributed by atoms with Crippen LogP contribution >= 0.6 is 0 Å². The van der Waals surface area contributed by atoms with Crippen molar-refractivity contribution in [2.24, 2.45) is 4.99 Å². The summed E-state index contributed by atoms with van der Waals surface area (Å²) < 4.78 is 0. The van der Waals surface area contributed by atoms with E-state index >= 15 is 0 Å². The van der Waals surface area contributed by atoms with E-state index in [9.17, 15) is 5.21 Å². The normalized spacial score (nSPS) is 20.1. The second-order valence-corrected chi connectivity index (χ2v) is 9.35. The lowest BCUT2D eigenvalue weighted by Crippen LogP contribution is -2.45. The van der Waals surface area contributed by atoms with Gasteiger partial charge < -0.3 is 15.2 Å². The van der Waals surface area contributed by atoms with Gasteiger partial charge in [0.25, 0.3) is 0 Å². The number of nitrogens with zero attached hydrogens (tertiary/aromatic N) is 4. The highest BCUT2D eigenvalue weighted by Gasteiger charge is 2.26. The van der Waals surface area contributed by atoms with Gasteiger partial charge >= 0.3 is 0 Å². The van der Waals surface area contributed by atoms with Crippen LogP contribution in [0.25, 0.3) is 0 Å². The fraction of sp³-hybridized carbons (Fsp3) is 0.276. The number of fused-ring (bicyclic) bond motifs is 2. The molecule has 0 atom stereocenters. The van der Waals surface area contributed by atoms with E-state index in [0.717, 1.165) is 78.9 Å². The highest BCUT2D eigenvalue weighted by atomic mass is 16.5. The molecule has 0 N–H and O–H groups in total. The SMILES string of the molecule is [O-]N1CC(C2=Nc3cc(N4CCN(Cc5ccccc5)CC4)ccc3CC2)=C2C=CC=CC=C21. The van der Waals surface area contributed by atoms with E-state index in [4.69, 9.17) is 4.99 Å². The van der Waals surface area contributed by atoms with Crippen LogP contribution in [0.1, 0.15) is 17.5 Å². The Kier molecular flexibility index (Phi) is 5.65. The molecule has 0 amide bonds. The third-order valence-electron chi connectivity index (χ3n) is 7.20. The van der Waals surface area contributed by atoms with Crippen LogP contribution in [-0.2, 0) is 13.0 Å². The monoisotopic (exact) mass is 449 g/mol. The van der Waals surface area contributed by atoms with Gasteiger partial charge in [-0.15, -0.1) is 0 Å². The average molecular weight is 450 g/mol. The molecule has 2 aromatic carbocycles. The first-order valence-corrected chi connectivity index (χ1v) is 12.2. The summed E-state index contributed by atoms with van der Waals surface area (Å²) in [5, 5.41) is 13.6. The lowest BCUT2D eigenvalue weighted by Gasteiger charge is -2.36. The van der Waals surface area contributed by atoms with Crippen molar-refractivity contribution < 1.29 is 0 Å². The van der Waals surface area contributed by atoms with Crippen molar-refractivity contribution in [3.63, 3.8) is 0 Å². The predicted octanol–water partition coefficient (Wildman–Crippen LogP) is 5.15. The maximum absolute atomic E-state index is 12.5. The summed E-state index contributed by atoms with van der Waals surface area (Å²) in [6, 6.07) is 17.5. The Bertz CT molecular complexity index is 1230. The number of rotatable bonds is 4. The highest BCUT2D eigenvalue weighted by molar-refractivity contribution is 6.05. The molecule has 0 aromatic heterocycles. The first-order chi connectivity index (χ1) is 16.7. The van der Waals surface area contributed by atoms with Crippen LogP contribution in [0.3, 0.4) is 0 Å². The molecule has 1 aliphatic carbocycles. The van der Waals surface area contributed by atoms with Gasteiger partial charge in [0.1, 0.15) is 0 Å². The molecule has 0 bridgehead atoms. The molecule has 4 aliphatic rings. The summed E-state index contributed by atoms with van der Waals surface area (Å²) in [5.41, 5.74) is 8.88. The van der Waals surface area contributed by atoms with Crippen molar-refractivity contribution in [1.29, 1.82) is 0 Å². The number of allylic oxidation sites excluding steroid dienone is 5. The van der Waals surface area contributed by atoms with Gasteiger partial charge in [0.2, 0.25) is 0 Å². The molecular formula is C29H29N4O-. The van der Waals surface area contributed by atoms with E-state index in [1.165, 1.54) is 16.8 Å². The van der Waals surface area contributed by atoms with Gasteiger partial charge in [0, 0.05) is 67.5 Å². The Labute approximate surface area is 201 Å². The number of hydrogen-bond acceptors (Lipinski definition) is 5. The molecule has 0 radical (unpaired) electrons. The Morgan fingerprint density at radius 2 is 1.74 bits per heavy atom. The van der Waals surface area contributed by atoms with E-state index in [1.807, 2.05) is 30.4 Å². The molecule has 0 unspecified atom stereocenters. The Hall–Kier alpha value is -3.41. The molecule has 172 valence electrons. The van der Waals surface area contributed by atoms with Crippen LogP contribution in [0.15, 0.2) is 101 Å². The van der Waals surface area contributed by atoms with Crippen molar-refractivity contribution in [3.8, 4) is 0 Å². The highest BCUT2D eigenvalue weighted by Crippen LogP contribution is 2.36. The van der Waals surface area contributed by atoms with Gasteiger partial charge in [-0.1, -0.05) is 60.7 Å². The molecule has 1 fully saturated rings. The average Bonchev–Trinajstić information content (AvgIpc) is 3.03. The topological polar surface area (TPSA) is 45.1 Å². The summed E-state index contributed by atoms with van der Waals surface area (Å²) in [6.07, 6.45) is 11.7. The van der Waals surface area contributed by atoms with E-state index < -0.39 is 0 Å². The first kappa shape index (κ1) is 21.1. The third kappa shape index (κ3) is 4.13. The van der Waals surface area contributed by atoms with E-state index in [-0.39, 0.29) is 0 Å². The fourth-order valence-corrected chi connectivity index (χ4v) is 5.31. The summed E-state index contributed by atoms with van der Waals surface area (Å²) in [6.45, 7) is 5.57. The van der Waals surface area contributed by atoms with Crippen molar-refractivity contribution >= 4 is 17.1 Å². The Balaban J connectivity index is 1.20. The number of hydroxylamine groups is 2. The molecule has 3 aliphatic heterocycles. The quantitative estimate of drug-likeness (QED) is 0.648. The van der Waals surface area contributed by atoms with Crippen LogP contribution < -0.4 is 4.90 Å². The van der Waals surface area contributed by atoms with Gasteiger partial charge in [0.05, 0.1) is 5.69 Å². The Morgan fingerprint density at radius 1 is 0.882 bits per heavy atom. The first-order valence-electron chi connectivity index (χ1n) is 12.2. The number of aryl methyl sites for hydroxylation is 1. The van der Waals surface area contributed by atoms with Crippen LogP contribution in [0.4, 0.5) is 11.4 Å². The fourth-order valence-electron chi connectivity index (χ4n) is 5.31. The maximum Gasteiger partial charge on any atom is 0.0685 e. The zero-order valence-corrected chi connectivity index (χ0v) is 19.4. The van der Waals surface area contributed by atoms with Crippen LogP contribution in [0, 0.1) is 5.21 Å². The number of piperazine rings is 1. The minimum Gasteiger partial charge on any atom is -0.758 e. The second-order valence-electron chi connectivity index (χ2n) is 9.35. The lowest BCUT2D eigenvalue weighted by molar-refractivity contribution is 0.250. The van der Waals surface area contributed by atoms with Crippen LogP contribution in [0.5, 0.6) is 0 Å². The molecule has 34 heavy (non-hydrogen) atoms. The van der Waals surface area contributed by atoms with Crippen LogP contribution in [0.2, 0.25) is 0 Å². The van der Waals surface area contributed by atoms with Crippen molar-refractivity contribution in [3.05, 3.63) is 112 Å². The molecule has 3 heterocycles. The molecule has 0 saturated carbocycles. The third-order valence-corrected chi connectivity index (χ3v) is 7.20. The Morgan fingerprint density at radius 3 is 2.59 bits per heavy atom. The summed E-state index contributed by atoms with van der Waals surface area (Å²) in [4.78, 5) is 10.1. The smallest absolute Gasteiger partial charge is 0.0685 e. The standard InChI is InChI=1S/C29H29N4O/c34-33-21-26(25-9-5-2-6-10-29(25)33)27-14-12-23-11-13-24(19-28(23)30-27)32-17-15-31(16-18-32)20-22-7-3-1-4-8-22/h1-11,13,19H,12,14-18,20-21H2/q-1. The van der Waals surface area contributed by atoms with E-state index in [1.54, 1.807) is 0 Å². The molecule has 2 aromatic rings. The molecule has 6 rings (SSSR count).